The zero-order valence-corrected chi connectivity index (χ0v) is 16.4. The summed E-state index contributed by atoms with van der Waals surface area (Å²) in [5.74, 6) is 0.109. The summed E-state index contributed by atoms with van der Waals surface area (Å²) in [5, 5.41) is 2.55. The number of carbonyl (C=O) groups excluding carboxylic acids is 1. The Labute approximate surface area is 161 Å². The van der Waals surface area contributed by atoms with Crippen LogP contribution in [0.2, 0.25) is 0 Å². The van der Waals surface area contributed by atoms with Crippen molar-refractivity contribution in [2.75, 3.05) is 11.5 Å². The Hall–Kier alpha value is -1.64. The minimum absolute atomic E-state index is 0.0444. The maximum Gasteiger partial charge on any atom is 0.253 e. The van der Waals surface area contributed by atoms with E-state index in [2.05, 4.69) is 4.99 Å². The van der Waals surface area contributed by atoms with E-state index in [0.717, 1.165) is 10.4 Å². The molecule has 2 saturated heterocycles. The van der Waals surface area contributed by atoms with Crippen LogP contribution in [-0.2, 0) is 27.6 Å². The highest BCUT2D eigenvalue weighted by Crippen LogP contribution is 2.39. The van der Waals surface area contributed by atoms with Crippen molar-refractivity contribution in [2.45, 2.75) is 24.3 Å². The molecule has 2 atom stereocenters. The highest BCUT2D eigenvalue weighted by atomic mass is 32.2. The Bertz CT molecular complexity index is 924. The number of fused-ring (bicyclic) bond motifs is 1. The molecule has 2 aliphatic heterocycles. The van der Waals surface area contributed by atoms with Crippen LogP contribution < -0.4 is 0 Å². The first-order valence-electron chi connectivity index (χ1n) is 8.32. The molecule has 26 heavy (non-hydrogen) atoms. The Morgan fingerprint density at radius 1 is 1.15 bits per heavy atom. The normalized spacial score (nSPS) is 25.5. The maximum absolute atomic E-state index is 12.4. The van der Waals surface area contributed by atoms with Gasteiger partial charge >= 0.3 is 0 Å². The van der Waals surface area contributed by atoms with E-state index >= 15 is 0 Å². The molecule has 136 valence electrons. The van der Waals surface area contributed by atoms with E-state index < -0.39 is 9.84 Å². The molecular weight excluding hydrogens is 388 g/mol. The van der Waals surface area contributed by atoms with Gasteiger partial charge in [0.1, 0.15) is 0 Å². The molecule has 5 nitrogen and oxygen atoms in total. The van der Waals surface area contributed by atoms with Crippen LogP contribution in [0.1, 0.15) is 10.4 Å². The van der Waals surface area contributed by atoms with Crippen LogP contribution in [0.3, 0.4) is 0 Å². The number of thiophene rings is 1. The fourth-order valence-electron chi connectivity index (χ4n) is 3.31. The predicted octanol–water partition coefficient (Wildman–Crippen LogP) is 2.59. The summed E-state index contributed by atoms with van der Waals surface area (Å²) >= 11 is 2.97. The lowest BCUT2D eigenvalue weighted by Crippen LogP contribution is -2.37. The van der Waals surface area contributed by atoms with Gasteiger partial charge < -0.3 is 4.90 Å². The Morgan fingerprint density at radius 2 is 1.96 bits per heavy atom. The van der Waals surface area contributed by atoms with Crippen LogP contribution in [-0.4, -0.2) is 47.2 Å². The number of thioether (sulfide) groups is 1. The number of rotatable bonds is 4. The predicted molar refractivity (Wildman–Crippen MR) is 106 cm³/mol. The number of amidine groups is 1. The van der Waals surface area contributed by atoms with Crippen molar-refractivity contribution in [1.29, 1.82) is 0 Å². The Morgan fingerprint density at radius 3 is 2.69 bits per heavy atom. The molecule has 2 aliphatic rings. The lowest BCUT2D eigenvalue weighted by Gasteiger charge is -2.24. The van der Waals surface area contributed by atoms with E-state index in [-0.39, 0.29) is 35.1 Å². The SMILES string of the molecule is O=C(Cc1cccs1)N=C1SC2CS(=O)(=O)CC2N1Cc1ccccc1. The Kier molecular flexibility index (Phi) is 4.90. The number of hydrogen-bond donors (Lipinski definition) is 0. The average molecular weight is 407 g/mol. The van der Waals surface area contributed by atoms with Gasteiger partial charge in [-0.1, -0.05) is 48.2 Å². The summed E-state index contributed by atoms with van der Waals surface area (Å²) < 4.78 is 24.1. The summed E-state index contributed by atoms with van der Waals surface area (Å²) in [6, 6.07) is 13.6. The molecule has 0 saturated carbocycles. The number of benzene rings is 1. The standard InChI is InChI=1S/C18H18N2O3S3/c21-17(9-14-7-4-8-24-14)19-18-20(10-13-5-2-1-3-6-13)15-11-26(22,23)12-16(15)25-18/h1-8,15-16H,9-12H2. The molecule has 0 radical (unpaired) electrons. The number of nitrogens with zero attached hydrogens (tertiary/aromatic N) is 2. The van der Waals surface area contributed by atoms with Gasteiger partial charge in [0.15, 0.2) is 15.0 Å². The van der Waals surface area contributed by atoms with Gasteiger partial charge in [-0.3, -0.25) is 4.79 Å². The first-order chi connectivity index (χ1) is 12.5. The van der Waals surface area contributed by atoms with E-state index in [4.69, 9.17) is 0 Å². The van der Waals surface area contributed by atoms with Crippen molar-refractivity contribution in [3.05, 3.63) is 58.3 Å². The third-order valence-electron chi connectivity index (χ3n) is 4.50. The number of amides is 1. The summed E-state index contributed by atoms with van der Waals surface area (Å²) in [4.78, 5) is 19.7. The molecule has 0 N–H and O–H groups in total. The summed E-state index contributed by atoms with van der Waals surface area (Å²) in [6.07, 6.45) is 0.286. The van der Waals surface area contributed by atoms with Crippen molar-refractivity contribution >= 4 is 44.0 Å². The van der Waals surface area contributed by atoms with Crippen LogP contribution in [0.15, 0.2) is 52.8 Å². The average Bonchev–Trinajstić information content (AvgIpc) is 3.26. The fraction of sp³-hybridized carbons (Fsp3) is 0.333. The summed E-state index contributed by atoms with van der Waals surface area (Å²) in [6.45, 7) is 0.565. The minimum Gasteiger partial charge on any atom is -0.342 e. The van der Waals surface area contributed by atoms with Gasteiger partial charge in [0, 0.05) is 16.7 Å². The second kappa shape index (κ2) is 7.17. The van der Waals surface area contributed by atoms with Gasteiger partial charge in [0.05, 0.1) is 24.0 Å². The van der Waals surface area contributed by atoms with Crippen molar-refractivity contribution < 1.29 is 13.2 Å². The van der Waals surface area contributed by atoms with Gasteiger partial charge in [-0.05, 0) is 17.0 Å². The summed E-state index contributed by atoms with van der Waals surface area (Å²) in [7, 11) is -3.02. The fourth-order valence-corrected chi connectivity index (χ4v) is 7.97. The zero-order chi connectivity index (χ0) is 18.1. The van der Waals surface area contributed by atoms with Crippen LogP contribution >= 0.6 is 23.1 Å². The first-order valence-corrected chi connectivity index (χ1v) is 11.9. The third-order valence-corrected chi connectivity index (χ3v) is 8.62. The molecule has 1 aromatic carbocycles. The largest absolute Gasteiger partial charge is 0.342 e. The van der Waals surface area contributed by atoms with Crippen LogP contribution in [0, 0.1) is 0 Å². The molecule has 0 bridgehead atoms. The highest BCUT2D eigenvalue weighted by Gasteiger charge is 2.48. The van der Waals surface area contributed by atoms with E-state index in [1.807, 2.05) is 52.7 Å². The molecular formula is C18H18N2O3S3. The van der Waals surface area contributed by atoms with E-state index in [1.165, 1.54) is 23.1 Å². The van der Waals surface area contributed by atoms with E-state index in [0.29, 0.717) is 11.7 Å². The number of hydrogen-bond acceptors (Lipinski definition) is 5. The molecule has 0 spiro atoms. The second-order valence-corrected chi connectivity index (χ2v) is 10.9. The van der Waals surface area contributed by atoms with Gasteiger partial charge in [-0.15, -0.1) is 11.3 Å². The highest BCUT2D eigenvalue weighted by molar-refractivity contribution is 8.15. The van der Waals surface area contributed by atoms with Crippen LogP contribution in [0.25, 0.3) is 0 Å². The number of sulfone groups is 1. The van der Waals surface area contributed by atoms with E-state index in [9.17, 15) is 13.2 Å². The minimum atomic E-state index is -3.02. The van der Waals surface area contributed by atoms with Crippen molar-refractivity contribution in [1.82, 2.24) is 4.90 Å². The monoisotopic (exact) mass is 406 g/mol. The molecule has 0 aliphatic carbocycles. The first kappa shape index (κ1) is 17.8. The topological polar surface area (TPSA) is 66.8 Å². The number of aliphatic imine (C=N–C) groups is 1. The molecule has 3 heterocycles. The molecule has 2 unspecified atom stereocenters. The van der Waals surface area contributed by atoms with Gasteiger partial charge in [0.2, 0.25) is 0 Å². The molecule has 4 rings (SSSR count). The van der Waals surface area contributed by atoms with Gasteiger partial charge in [-0.25, -0.2) is 8.42 Å². The lowest BCUT2D eigenvalue weighted by atomic mass is 10.1. The smallest absolute Gasteiger partial charge is 0.253 e. The molecule has 8 heteroatoms. The second-order valence-electron chi connectivity index (χ2n) is 6.46. The molecule has 2 aromatic rings. The lowest BCUT2D eigenvalue weighted by molar-refractivity contribution is -0.117. The maximum atomic E-state index is 12.4. The van der Waals surface area contributed by atoms with E-state index in [1.54, 1.807) is 0 Å². The summed E-state index contributed by atoms with van der Waals surface area (Å²) in [5.41, 5.74) is 1.08. The third kappa shape index (κ3) is 3.87. The number of carbonyl (C=O) groups is 1. The quantitative estimate of drug-likeness (QED) is 0.781. The molecule has 2 fully saturated rings. The van der Waals surface area contributed by atoms with Gasteiger partial charge in [-0.2, -0.15) is 4.99 Å². The van der Waals surface area contributed by atoms with Crippen molar-refractivity contribution in [2.24, 2.45) is 4.99 Å². The molecule has 1 aromatic heterocycles. The van der Waals surface area contributed by atoms with Crippen molar-refractivity contribution in [3.8, 4) is 0 Å². The molecule has 1 amide bonds. The zero-order valence-electron chi connectivity index (χ0n) is 13.9. The Balaban J connectivity index is 1.58. The van der Waals surface area contributed by atoms with Crippen LogP contribution in [0.4, 0.5) is 0 Å². The van der Waals surface area contributed by atoms with Crippen LogP contribution in [0.5, 0.6) is 0 Å². The van der Waals surface area contributed by atoms with Crippen molar-refractivity contribution in [3.63, 3.8) is 0 Å². The van der Waals surface area contributed by atoms with Gasteiger partial charge in [0.25, 0.3) is 5.91 Å².